The number of nitrogens with zero attached hydrogens (tertiary/aromatic N) is 1. The van der Waals surface area contributed by atoms with Crippen LogP contribution in [0.25, 0.3) is 0 Å². The van der Waals surface area contributed by atoms with Crippen LogP contribution in [0, 0.1) is 0 Å². The molecule has 1 rings (SSSR count). The van der Waals surface area contributed by atoms with E-state index < -0.39 is 0 Å². The summed E-state index contributed by atoms with van der Waals surface area (Å²) in [5.74, 6) is 0. The second kappa shape index (κ2) is 10.4. The molecular formula is C15H30BrN. The summed E-state index contributed by atoms with van der Waals surface area (Å²) in [7, 11) is 0. The van der Waals surface area contributed by atoms with Crippen molar-refractivity contribution in [2.45, 2.75) is 77.2 Å². The van der Waals surface area contributed by atoms with Gasteiger partial charge in [0.25, 0.3) is 0 Å². The van der Waals surface area contributed by atoms with Crippen LogP contribution in [-0.2, 0) is 0 Å². The van der Waals surface area contributed by atoms with Gasteiger partial charge >= 0.3 is 0 Å². The molecule has 0 radical (unpaired) electrons. The summed E-state index contributed by atoms with van der Waals surface area (Å²) in [4.78, 5) is 2.73. The maximum Gasteiger partial charge on any atom is 0.00964 e. The first-order chi connectivity index (χ1) is 8.38. The Morgan fingerprint density at radius 3 is 2.00 bits per heavy atom. The van der Waals surface area contributed by atoms with E-state index in [1.54, 1.807) is 0 Å². The molecule has 1 saturated carbocycles. The lowest BCUT2D eigenvalue weighted by molar-refractivity contribution is 0.257. The minimum Gasteiger partial charge on any atom is -0.300 e. The molecule has 2 heteroatoms. The largest absolute Gasteiger partial charge is 0.300 e. The lowest BCUT2D eigenvalue weighted by Crippen LogP contribution is -2.27. The molecule has 0 aliphatic heterocycles. The SMILES string of the molecule is CCCN(CCCCCCCCCBr)C1CC1. The lowest BCUT2D eigenvalue weighted by Gasteiger charge is -2.20. The van der Waals surface area contributed by atoms with Crippen LogP contribution in [0.3, 0.4) is 0 Å². The van der Waals surface area contributed by atoms with Gasteiger partial charge in [0.2, 0.25) is 0 Å². The second-order valence-corrected chi connectivity index (χ2v) is 6.22. The van der Waals surface area contributed by atoms with Crippen molar-refractivity contribution in [3.8, 4) is 0 Å². The monoisotopic (exact) mass is 303 g/mol. The molecule has 0 aromatic heterocycles. The smallest absolute Gasteiger partial charge is 0.00964 e. The third-order valence-electron chi connectivity index (χ3n) is 3.65. The maximum absolute atomic E-state index is 3.49. The Balaban J connectivity index is 1.85. The summed E-state index contributed by atoms with van der Waals surface area (Å²) in [5, 5.41) is 1.18. The van der Waals surface area contributed by atoms with Gasteiger partial charge in [0.05, 0.1) is 0 Å². The van der Waals surface area contributed by atoms with Gasteiger partial charge in [-0.1, -0.05) is 55.0 Å². The van der Waals surface area contributed by atoms with Gasteiger partial charge < -0.3 is 4.90 Å². The molecule has 0 saturated heterocycles. The minimum absolute atomic E-state index is 0.967. The molecule has 0 amide bonds. The highest BCUT2D eigenvalue weighted by Gasteiger charge is 2.27. The van der Waals surface area contributed by atoms with Crippen LogP contribution in [0.15, 0.2) is 0 Å². The van der Waals surface area contributed by atoms with Crippen LogP contribution in [-0.4, -0.2) is 29.4 Å². The predicted molar refractivity (Wildman–Crippen MR) is 81.0 cm³/mol. The van der Waals surface area contributed by atoms with Crippen molar-refractivity contribution in [3.05, 3.63) is 0 Å². The van der Waals surface area contributed by atoms with E-state index in [1.807, 2.05) is 0 Å². The zero-order chi connectivity index (χ0) is 12.3. The quantitative estimate of drug-likeness (QED) is 0.363. The van der Waals surface area contributed by atoms with E-state index in [4.69, 9.17) is 0 Å². The molecule has 0 heterocycles. The first-order valence-electron chi connectivity index (χ1n) is 7.68. The zero-order valence-electron chi connectivity index (χ0n) is 11.6. The lowest BCUT2D eigenvalue weighted by atomic mass is 10.1. The fourth-order valence-corrected chi connectivity index (χ4v) is 2.89. The van der Waals surface area contributed by atoms with Gasteiger partial charge in [0.15, 0.2) is 0 Å². The summed E-state index contributed by atoms with van der Waals surface area (Å²) >= 11 is 3.49. The number of hydrogen-bond acceptors (Lipinski definition) is 1. The Hall–Kier alpha value is 0.440. The molecule has 1 fully saturated rings. The first-order valence-corrected chi connectivity index (χ1v) is 8.80. The van der Waals surface area contributed by atoms with E-state index >= 15 is 0 Å². The summed E-state index contributed by atoms with van der Waals surface area (Å²) in [6.07, 6.45) is 14.2. The number of halogens is 1. The number of rotatable bonds is 12. The molecule has 0 N–H and O–H groups in total. The van der Waals surface area contributed by atoms with Crippen molar-refractivity contribution in [3.63, 3.8) is 0 Å². The minimum atomic E-state index is 0.967. The van der Waals surface area contributed by atoms with Crippen LogP contribution in [0.1, 0.15) is 71.1 Å². The van der Waals surface area contributed by atoms with E-state index in [9.17, 15) is 0 Å². The van der Waals surface area contributed by atoms with Crippen molar-refractivity contribution in [1.82, 2.24) is 4.90 Å². The zero-order valence-corrected chi connectivity index (χ0v) is 13.2. The molecule has 1 aliphatic carbocycles. The molecule has 0 atom stereocenters. The molecule has 102 valence electrons. The molecular weight excluding hydrogens is 274 g/mol. The fourth-order valence-electron chi connectivity index (χ4n) is 2.50. The van der Waals surface area contributed by atoms with Crippen LogP contribution in [0.4, 0.5) is 0 Å². The predicted octanol–water partition coefficient (Wildman–Crippen LogP) is 4.99. The molecule has 0 aromatic carbocycles. The molecule has 0 unspecified atom stereocenters. The standard InChI is InChI=1S/C15H30BrN/c1-2-13-17(15-10-11-15)14-9-7-5-3-4-6-8-12-16/h15H,2-14H2,1H3. The topological polar surface area (TPSA) is 3.24 Å². The average molecular weight is 304 g/mol. The van der Waals surface area contributed by atoms with E-state index in [-0.39, 0.29) is 0 Å². The van der Waals surface area contributed by atoms with E-state index in [2.05, 4.69) is 27.8 Å². The average Bonchev–Trinajstić information content (AvgIpc) is 3.15. The summed E-state index contributed by atoms with van der Waals surface area (Å²) in [5.41, 5.74) is 0. The molecule has 0 bridgehead atoms. The molecule has 17 heavy (non-hydrogen) atoms. The normalized spacial score (nSPS) is 15.7. The Kier molecular flexibility index (Phi) is 9.45. The highest BCUT2D eigenvalue weighted by molar-refractivity contribution is 9.09. The van der Waals surface area contributed by atoms with Crippen molar-refractivity contribution in [1.29, 1.82) is 0 Å². The Labute approximate surface area is 116 Å². The van der Waals surface area contributed by atoms with Crippen molar-refractivity contribution in [2.24, 2.45) is 0 Å². The van der Waals surface area contributed by atoms with E-state index in [0.717, 1.165) is 6.04 Å². The fraction of sp³-hybridized carbons (Fsp3) is 1.00. The molecule has 0 aromatic rings. The molecule has 1 nitrogen and oxygen atoms in total. The van der Waals surface area contributed by atoms with Gasteiger partial charge in [-0.05, 0) is 45.2 Å². The number of unbranched alkanes of at least 4 members (excludes halogenated alkanes) is 6. The first kappa shape index (κ1) is 15.5. The van der Waals surface area contributed by atoms with Crippen LogP contribution < -0.4 is 0 Å². The number of hydrogen-bond donors (Lipinski definition) is 0. The Morgan fingerprint density at radius 1 is 0.882 bits per heavy atom. The van der Waals surface area contributed by atoms with Gasteiger partial charge in [0, 0.05) is 11.4 Å². The van der Waals surface area contributed by atoms with Gasteiger partial charge in [-0.2, -0.15) is 0 Å². The molecule has 0 spiro atoms. The van der Waals surface area contributed by atoms with Crippen LogP contribution >= 0.6 is 15.9 Å². The van der Waals surface area contributed by atoms with E-state index in [1.165, 1.54) is 82.6 Å². The van der Waals surface area contributed by atoms with Crippen LogP contribution in [0.2, 0.25) is 0 Å². The van der Waals surface area contributed by atoms with Crippen molar-refractivity contribution in [2.75, 3.05) is 18.4 Å². The van der Waals surface area contributed by atoms with Crippen molar-refractivity contribution < 1.29 is 0 Å². The van der Waals surface area contributed by atoms with Gasteiger partial charge in [0.1, 0.15) is 0 Å². The third kappa shape index (κ3) is 8.20. The summed E-state index contributed by atoms with van der Waals surface area (Å²) < 4.78 is 0. The van der Waals surface area contributed by atoms with Gasteiger partial charge in [-0.3, -0.25) is 0 Å². The summed E-state index contributed by atoms with van der Waals surface area (Å²) in [6, 6.07) is 0.967. The van der Waals surface area contributed by atoms with E-state index in [0.29, 0.717) is 0 Å². The third-order valence-corrected chi connectivity index (χ3v) is 4.21. The summed E-state index contributed by atoms with van der Waals surface area (Å²) in [6.45, 7) is 5.00. The van der Waals surface area contributed by atoms with Crippen LogP contribution in [0.5, 0.6) is 0 Å². The Bertz CT molecular complexity index is 168. The highest BCUT2D eigenvalue weighted by atomic mass is 79.9. The Morgan fingerprint density at radius 2 is 1.47 bits per heavy atom. The van der Waals surface area contributed by atoms with Crippen molar-refractivity contribution >= 4 is 15.9 Å². The van der Waals surface area contributed by atoms with Gasteiger partial charge in [-0.15, -0.1) is 0 Å². The maximum atomic E-state index is 3.49. The highest BCUT2D eigenvalue weighted by Crippen LogP contribution is 2.27. The molecule has 1 aliphatic rings. The van der Waals surface area contributed by atoms with Gasteiger partial charge in [-0.25, -0.2) is 0 Å². The number of alkyl halides is 1. The second-order valence-electron chi connectivity index (χ2n) is 5.43.